The first kappa shape index (κ1) is 25.0. The number of nitrogens with zero attached hydrogens (tertiary/aromatic N) is 4. The molecule has 9 heteroatoms. The first-order valence-corrected chi connectivity index (χ1v) is 11.9. The predicted molar refractivity (Wildman–Crippen MR) is 139 cm³/mol. The number of aromatic nitrogens is 2. The van der Waals surface area contributed by atoms with E-state index >= 15 is 0 Å². The zero-order valence-corrected chi connectivity index (χ0v) is 20.6. The molecule has 1 atom stereocenters. The number of aliphatic carboxylic acids is 1. The fourth-order valence-corrected chi connectivity index (χ4v) is 4.42. The Hall–Kier alpha value is -4.14. The number of piperazine rings is 1. The van der Waals surface area contributed by atoms with Gasteiger partial charge in [-0.3, -0.25) is 19.0 Å². The quantitative estimate of drug-likeness (QED) is 0.501. The summed E-state index contributed by atoms with van der Waals surface area (Å²) in [5.74, 6) is -1.49. The molecule has 0 saturated carbocycles. The molecule has 188 valence electrons. The third kappa shape index (κ3) is 5.73. The molecule has 2 aromatic carbocycles. The summed E-state index contributed by atoms with van der Waals surface area (Å²) in [4.78, 5) is 46.2. The van der Waals surface area contributed by atoms with Gasteiger partial charge in [0, 0.05) is 37.6 Å². The van der Waals surface area contributed by atoms with Gasteiger partial charge in [0.25, 0.3) is 5.56 Å². The van der Waals surface area contributed by atoms with Crippen molar-refractivity contribution in [3.8, 4) is 0 Å². The van der Waals surface area contributed by atoms with E-state index in [1.54, 1.807) is 12.1 Å². The van der Waals surface area contributed by atoms with Crippen LogP contribution in [-0.4, -0.2) is 57.6 Å². The van der Waals surface area contributed by atoms with Gasteiger partial charge in [-0.05, 0) is 37.6 Å². The van der Waals surface area contributed by atoms with Gasteiger partial charge in [0.1, 0.15) is 6.54 Å². The summed E-state index contributed by atoms with van der Waals surface area (Å²) in [6.07, 6.45) is 1.09. The highest BCUT2D eigenvalue weighted by Gasteiger charge is 2.20. The Kier molecular flexibility index (Phi) is 7.38. The first-order valence-electron chi connectivity index (χ1n) is 11.9. The number of allylic oxidation sites excluding steroid dienone is 1. The van der Waals surface area contributed by atoms with Gasteiger partial charge in [0.05, 0.1) is 29.7 Å². The Morgan fingerprint density at radius 1 is 1.11 bits per heavy atom. The lowest BCUT2D eigenvalue weighted by Gasteiger charge is -2.37. The molecule has 1 aliphatic rings. The average molecular weight is 490 g/mol. The van der Waals surface area contributed by atoms with E-state index in [9.17, 15) is 19.5 Å². The minimum absolute atomic E-state index is 0.259. The van der Waals surface area contributed by atoms with E-state index in [0.29, 0.717) is 16.5 Å². The van der Waals surface area contributed by atoms with Gasteiger partial charge in [-0.15, -0.1) is 0 Å². The number of carbonyl (C=O) groups excluding carboxylic acids is 1. The van der Waals surface area contributed by atoms with Gasteiger partial charge in [-0.25, -0.2) is 4.98 Å². The van der Waals surface area contributed by atoms with E-state index in [2.05, 4.69) is 26.7 Å². The molecule has 2 heterocycles. The second-order valence-electron chi connectivity index (χ2n) is 9.22. The number of fused-ring (bicyclic) bond motifs is 1. The number of benzene rings is 2. The van der Waals surface area contributed by atoms with Crippen LogP contribution >= 0.6 is 0 Å². The first-order chi connectivity index (χ1) is 17.2. The number of carbonyl (C=O) groups is 2. The van der Waals surface area contributed by atoms with E-state index < -0.39 is 17.9 Å². The second-order valence-corrected chi connectivity index (χ2v) is 9.22. The van der Waals surface area contributed by atoms with Crippen LogP contribution in [0.25, 0.3) is 10.9 Å². The van der Waals surface area contributed by atoms with Crippen molar-refractivity contribution in [1.29, 1.82) is 0 Å². The smallest absolute Gasteiger partial charge is 0.305 e. The van der Waals surface area contributed by atoms with Crippen LogP contribution in [0.1, 0.15) is 30.5 Å². The Balaban J connectivity index is 1.51. The zero-order chi connectivity index (χ0) is 25.8. The van der Waals surface area contributed by atoms with Crippen LogP contribution in [0, 0.1) is 6.92 Å². The molecule has 2 N–H and O–H groups in total. The van der Waals surface area contributed by atoms with Crippen molar-refractivity contribution in [2.75, 3.05) is 31.1 Å². The maximum Gasteiger partial charge on any atom is 0.305 e. The van der Waals surface area contributed by atoms with E-state index in [-0.39, 0.29) is 18.5 Å². The summed E-state index contributed by atoms with van der Waals surface area (Å²) in [7, 11) is 0. The van der Waals surface area contributed by atoms with Crippen molar-refractivity contribution in [3.05, 3.63) is 82.5 Å². The summed E-state index contributed by atoms with van der Waals surface area (Å²) >= 11 is 0. The number of carboxylic acids is 1. The van der Waals surface area contributed by atoms with Gasteiger partial charge in [-0.1, -0.05) is 36.4 Å². The highest BCUT2D eigenvalue weighted by Crippen LogP contribution is 2.21. The van der Waals surface area contributed by atoms with Crippen LogP contribution in [0.3, 0.4) is 0 Å². The number of anilines is 1. The van der Waals surface area contributed by atoms with Crippen LogP contribution in [0.4, 0.5) is 5.69 Å². The van der Waals surface area contributed by atoms with Gasteiger partial charge in [0.15, 0.2) is 0 Å². The van der Waals surface area contributed by atoms with Gasteiger partial charge < -0.3 is 20.2 Å². The van der Waals surface area contributed by atoms with Crippen LogP contribution < -0.4 is 15.8 Å². The molecule has 4 rings (SSSR count). The van der Waals surface area contributed by atoms with E-state index in [0.717, 1.165) is 43.1 Å². The third-order valence-corrected chi connectivity index (χ3v) is 6.50. The maximum atomic E-state index is 13.2. The summed E-state index contributed by atoms with van der Waals surface area (Å²) in [5.41, 5.74) is 3.95. The lowest BCUT2D eigenvalue weighted by atomic mass is 10.0. The molecule has 36 heavy (non-hydrogen) atoms. The average Bonchev–Trinajstić information content (AvgIpc) is 2.85. The lowest BCUT2D eigenvalue weighted by Crippen LogP contribution is -2.45. The molecular weight excluding hydrogens is 458 g/mol. The van der Waals surface area contributed by atoms with Crippen LogP contribution in [0.15, 0.2) is 65.9 Å². The fraction of sp³-hybridized carbons (Fsp3) is 0.333. The maximum absolute atomic E-state index is 13.2. The molecule has 0 spiro atoms. The number of hydrogen-bond donors (Lipinski definition) is 2. The lowest BCUT2D eigenvalue weighted by molar-refractivity contribution is -0.137. The highest BCUT2D eigenvalue weighted by molar-refractivity contribution is 5.82. The molecule has 1 saturated heterocycles. The molecule has 0 radical (unpaired) electrons. The van der Waals surface area contributed by atoms with Gasteiger partial charge in [0.2, 0.25) is 5.91 Å². The molecular formula is C27H31N5O4. The second kappa shape index (κ2) is 10.6. The predicted octanol–water partition coefficient (Wildman–Crippen LogP) is 2.69. The molecule has 1 unspecified atom stereocenters. The van der Waals surface area contributed by atoms with Crippen molar-refractivity contribution < 1.29 is 14.7 Å². The third-order valence-electron chi connectivity index (χ3n) is 6.50. The van der Waals surface area contributed by atoms with Crippen molar-refractivity contribution >= 4 is 28.5 Å². The number of amides is 1. The van der Waals surface area contributed by atoms with E-state index in [4.69, 9.17) is 0 Å². The number of hydrogen-bond acceptors (Lipinski definition) is 6. The van der Waals surface area contributed by atoms with Gasteiger partial charge >= 0.3 is 5.97 Å². The van der Waals surface area contributed by atoms with Gasteiger partial charge in [-0.2, -0.15) is 0 Å². The number of nitrogens with one attached hydrogen (secondary N) is 1. The zero-order valence-electron chi connectivity index (χ0n) is 20.6. The molecule has 1 amide bonds. The SMILES string of the molecule is C=C(C)N1CCN(c2ccc3ncn(CC(=O)NC(CC(=O)O)c4ccc(C)cc4)c(=O)c3c2)CC1. The largest absolute Gasteiger partial charge is 0.481 e. The molecule has 1 aromatic heterocycles. The molecule has 0 aliphatic carbocycles. The number of carboxylic acid groups (broad SMARTS) is 1. The van der Waals surface area contributed by atoms with Crippen molar-refractivity contribution in [2.45, 2.75) is 32.9 Å². The topological polar surface area (TPSA) is 108 Å². The summed E-state index contributed by atoms with van der Waals surface area (Å²) in [6.45, 7) is 11.0. The van der Waals surface area contributed by atoms with Crippen LogP contribution in [0.5, 0.6) is 0 Å². The van der Waals surface area contributed by atoms with Crippen LogP contribution in [0.2, 0.25) is 0 Å². The van der Waals surface area contributed by atoms with Crippen molar-refractivity contribution in [1.82, 2.24) is 19.8 Å². The van der Waals surface area contributed by atoms with Crippen molar-refractivity contribution in [2.24, 2.45) is 0 Å². The minimum atomic E-state index is -1.03. The Labute approximate surface area is 209 Å². The van der Waals surface area contributed by atoms with E-state index in [1.807, 2.05) is 44.2 Å². The standard InChI is InChI=1S/C27H31N5O4/c1-18(2)30-10-12-31(13-11-30)21-8-9-23-22(14-21)27(36)32(17-28-23)16-25(33)29-24(15-26(34)35)20-6-4-19(3)5-7-20/h4-9,14,17,24H,1,10-13,15-16H2,2-3H3,(H,29,33)(H,34,35). The molecule has 1 aliphatic heterocycles. The fourth-order valence-electron chi connectivity index (χ4n) is 4.42. The summed E-state index contributed by atoms with van der Waals surface area (Å²) in [5, 5.41) is 12.5. The minimum Gasteiger partial charge on any atom is -0.481 e. The Morgan fingerprint density at radius 2 is 1.81 bits per heavy atom. The molecule has 1 fully saturated rings. The molecule has 3 aromatic rings. The van der Waals surface area contributed by atoms with Crippen molar-refractivity contribution in [3.63, 3.8) is 0 Å². The molecule has 0 bridgehead atoms. The highest BCUT2D eigenvalue weighted by atomic mass is 16.4. The summed E-state index contributed by atoms with van der Waals surface area (Å²) in [6, 6.07) is 12.2. The summed E-state index contributed by atoms with van der Waals surface area (Å²) < 4.78 is 1.26. The Morgan fingerprint density at radius 3 is 2.44 bits per heavy atom. The number of aryl methyl sites for hydroxylation is 1. The molecule has 9 nitrogen and oxygen atoms in total. The normalized spacial score (nSPS) is 14.5. The number of rotatable bonds is 8. The monoisotopic (exact) mass is 489 g/mol. The Bertz CT molecular complexity index is 1340. The van der Waals surface area contributed by atoms with Crippen LogP contribution in [-0.2, 0) is 16.1 Å². The van der Waals surface area contributed by atoms with E-state index in [1.165, 1.54) is 10.9 Å².